The molecule has 0 saturated carbocycles. The molecule has 1 aromatic heterocycles. The number of thiazole rings is 1. The zero-order valence-corrected chi connectivity index (χ0v) is 13.2. The van der Waals surface area contributed by atoms with Crippen LogP contribution in [-0.2, 0) is 0 Å². The lowest BCUT2D eigenvalue weighted by molar-refractivity contribution is 1.38. The van der Waals surface area contributed by atoms with Gasteiger partial charge in [0, 0.05) is 15.6 Å². The van der Waals surface area contributed by atoms with Gasteiger partial charge >= 0.3 is 0 Å². The van der Waals surface area contributed by atoms with E-state index in [-0.39, 0.29) is 0 Å². The Morgan fingerprint density at radius 1 is 1.10 bits per heavy atom. The smallest absolute Gasteiger partial charge is 0.158 e. The van der Waals surface area contributed by atoms with E-state index >= 15 is 0 Å². The van der Waals surface area contributed by atoms with E-state index in [1.54, 1.807) is 11.3 Å². The number of nitrogens with one attached hydrogen (secondary N) is 1. The molecule has 4 rings (SSSR count). The Bertz CT molecular complexity index is 891. The molecule has 0 fully saturated rings. The predicted octanol–water partition coefficient (Wildman–Crippen LogP) is 5.72. The lowest BCUT2D eigenvalue weighted by Crippen LogP contribution is -1.84. The maximum atomic E-state index is 5.60. The van der Waals surface area contributed by atoms with Gasteiger partial charge in [-0.15, -0.1) is 11.3 Å². The molecular formula is C16H12ClNS2. The summed E-state index contributed by atoms with van der Waals surface area (Å²) < 4.78 is 0.829. The molecule has 0 saturated heterocycles. The number of H-pyrrole nitrogens is 1. The summed E-state index contributed by atoms with van der Waals surface area (Å²) in [5, 5.41) is 5.51. The summed E-state index contributed by atoms with van der Waals surface area (Å²) in [6, 6.07) is 14.5. The van der Waals surface area contributed by atoms with Crippen molar-refractivity contribution in [3.63, 3.8) is 0 Å². The maximum absolute atomic E-state index is 5.60. The van der Waals surface area contributed by atoms with E-state index in [0.717, 1.165) is 14.7 Å². The molecule has 4 heteroatoms. The standard InChI is InChI=1S/C10H9NS2.C6H3Cl/c1-7-2-4-8(5-3-7)9-6-13-10(12)11-9;7-6-3-4-1-2-5(4)6/h2-6H,1H3,(H,11,12);1-3H. The Labute approximate surface area is 131 Å². The zero-order valence-electron chi connectivity index (χ0n) is 10.8. The van der Waals surface area contributed by atoms with Gasteiger partial charge in [0.05, 0.1) is 5.69 Å². The van der Waals surface area contributed by atoms with Crippen LogP contribution < -0.4 is 0 Å². The van der Waals surface area contributed by atoms with Crippen LogP contribution in [0, 0.1) is 21.3 Å². The minimum Gasteiger partial charge on any atom is -0.337 e. The number of aromatic nitrogens is 1. The van der Waals surface area contributed by atoms with Crippen molar-refractivity contribution in [3.8, 4) is 11.3 Å². The molecular weight excluding hydrogens is 306 g/mol. The topological polar surface area (TPSA) is 15.8 Å². The summed E-state index contributed by atoms with van der Waals surface area (Å²) in [6.07, 6.45) is 0. The number of aryl methyl sites for hydroxylation is 1. The maximum Gasteiger partial charge on any atom is 0.158 e. The summed E-state index contributed by atoms with van der Waals surface area (Å²) >= 11 is 12.2. The molecule has 0 bridgehead atoms. The highest BCUT2D eigenvalue weighted by Gasteiger charge is 2.00. The van der Waals surface area contributed by atoms with Crippen LogP contribution in [0.1, 0.15) is 5.56 Å². The summed E-state index contributed by atoms with van der Waals surface area (Å²) in [7, 11) is 0. The van der Waals surface area contributed by atoms with Crippen molar-refractivity contribution in [2.75, 3.05) is 0 Å². The third-order valence-corrected chi connectivity index (χ3v) is 4.54. The fourth-order valence-corrected chi connectivity index (χ4v) is 3.03. The van der Waals surface area contributed by atoms with E-state index in [1.807, 2.05) is 17.5 Å². The van der Waals surface area contributed by atoms with Gasteiger partial charge in [0.2, 0.25) is 0 Å². The van der Waals surface area contributed by atoms with E-state index in [9.17, 15) is 0 Å². The highest BCUT2D eigenvalue weighted by atomic mass is 35.5. The van der Waals surface area contributed by atoms with E-state index in [1.165, 1.54) is 21.6 Å². The first kappa shape index (κ1) is 13.6. The van der Waals surface area contributed by atoms with Gasteiger partial charge in [-0.1, -0.05) is 53.6 Å². The second-order valence-electron chi connectivity index (χ2n) is 4.62. The number of benzene rings is 2. The van der Waals surface area contributed by atoms with Crippen LogP contribution in [0.25, 0.3) is 11.3 Å². The van der Waals surface area contributed by atoms with Crippen molar-refractivity contribution in [1.82, 2.24) is 4.98 Å². The van der Waals surface area contributed by atoms with Crippen LogP contribution in [-0.4, -0.2) is 4.98 Å². The molecule has 0 aliphatic heterocycles. The molecule has 1 aromatic carbocycles. The molecule has 0 atom stereocenters. The highest BCUT2D eigenvalue weighted by Crippen LogP contribution is 2.20. The molecule has 2 aliphatic carbocycles. The Hall–Kier alpha value is -1.42. The normalized spacial score (nSPS) is 10.7. The lowest BCUT2D eigenvalue weighted by Gasteiger charge is -2.01. The largest absolute Gasteiger partial charge is 0.337 e. The number of aromatic amines is 1. The van der Waals surface area contributed by atoms with Gasteiger partial charge in [-0.3, -0.25) is 0 Å². The number of hydrogen-bond donors (Lipinski definition) is 1. The van der Waals surface area contributed by atoms with Gasteiger partial charge in [-0.25, -0.2) is 0 Å². The van der Waals surface area contributed by atoms with Gasteiger partial charge < -0.3 is 4.98 Å². The summed E-state index contributed by atoms with van der Waals surface area (Å²) in [4.78, 5) is 3.15. The van der Waals surface area contributed by atoms with Crippen molar-refractivity contribution in [2.45, 2.75) is 6.92 Å². The number of hydrogen-bond acceptors (Lipinski definition) is 2. The summed E-state index contributed by atoms with van der Waals surface area (Å²) in [5.74, 6) is 0. The monoisotopic (exact) mass is 317 g/mol. The fraction of sp³-hybridized carbons (Fsp3) is 0.0625. The Kier molecular flexibility index (Phi) is 3.74. The number of rotatable bonds is 1. The first-order chi connectivity index (χ1) is 9.63. The second kappa shape index (κ2) is 5.52. The summed E-state index contributed by atoms with van der Waals surface area (Å²) in [5.41, 5.74) is 3.57. The molecule has 20 heavy (non-hydrogen) atoms. The Morgan fingerprint density at radius 2 is 1.85 bits per heavy atom. The first-order valence-electron chi connectivity index (χ1n) is 6.18. The van der Waals surface area contributed by atoms with Crippen LogP contribution in [0.4, 0.5) is 0 Å². The van der Waals surface area contributed by atoms with Gasteiger partial charge in [0.25, 0.3) is 0 Å². The van der Waals surface area contributed by atoms with Crippen molar-refractivity contribution in [2.24, 2.45) is 0 Å². The third kappa shape index (κ3) is 2.70. The van der Waals surface area contributed by atoms with Gasteiger partial charge in [-0.2, -0.15) is 0 Å². The Balaban J connectivity index is 0.000000144. The van der Waals surface area contributed by atoms with Crippen LogP contribution in [0.15, 0.2) is 47.8 Å². The van der Waals surface area contributed by atoms with Crippen LogP contribution in [0.2, 0.25) is 5.02 Å². The minimum atomic E-state index is 0.829. The van der Waals surface area contributed by atoms with Crippen molar-refractivity contribution >= 4 is 35.2 Å². The molecule has 0 radical (unpaired) electrons. The molecule has 1 N–H and O–H groups in total. The van der Waals surface area contributed by atoms with Gasteiger partial charge in [0.1, 0.15) is 0 Å². The predicted molar refractivity (Wildman–Crippen MR) is 88.8 cm³/mol. The van der Waals surface area contributed by atoms with Crippen LogP contribution in [0.5, 0.6) is 0 Å². The molecule has 0 spiro atoms. The average Bonchev–Trinajstić information content (AvgIpc) is 2.84. The summed E-state index contributed by atoms with van der Waals surface area (Å²) in [6.45, 7) is 2.08. The molecule has 2 aliphatic rings. The first-order valence-corrected chi connectivity index (χ1v) is 7.85. The molecule has 0 amide bonds. The van der Waals surface area contributed by atoms with E-state index in [4.69, 9.17) is 23.8 Å². The molecule has 1 nitrogen and oxygen atoms in total. The minimum absolute atomic E-state index is 0.829. The van der Waals surface area contributed by atoms with Crippen molar-refractivity contribution < 1.29 is 0 Å². The van der Waals surface area contributed by atoms with Crippen LogP contribution in [0.3, 0.4) is 0 Å². The highest BCUT2D eigenvalue weighted by molar-refractivity contribution is 7.73. The van der Waals surface area contributed by atoms with Crippen LogP contribution >= 0.6 is 35.2 Å². The molecule has 1 heterocycles. The quantitative estimate of drug-likeness (QED) is 0.444. The fourth-order valence-electron chi connectivity index (χ4n) is 1.90. The lowest BCUT2D eigenvalue weighted by atomic mass is 10.1. The van der Waals surface area contributed by atoms with Gasteiger partial charge in [0.15, 0.2) is 3.95 Å². The van der Waals surface area contributed by atoms with Gasteiger partial charge in [-0.05, 0) is 36.0 Å². The molecule has 2 aromatic rings. The second-order valence-corrected chi connectivity index (χ2v) is 6.58. The third-order valence-electron chi connectivity index (χ3n) is 3.16. The molecule has 100 valence electrons. The zero-order chi connectivity index (χ0) is 14.1. The van der Waals surface area contributed by atoms with E-state index in [0.29, 0.717) is 0 Å². The van der Waals surface area contributed by atoms with Crippen molar-refractivity contribution in [1.29, 1.82) is 0 Å². The molecule has 0 unspecified atom stereocenters. The Morgan fingerprint density at radius 3 is 2.20 bits per heavy atom. The number of halogens is 1. The SMILES string of the molecule is Cc1ccc(-c2csc(=S)[nH]2)cc1.Clc1cc2ccc1=2. The van der Waals surface area contributed by atoms with E-state index < -0.39 is 0 Å². The van der Waals surface area contributed by atoms with Crippen molar-refractivity contribution in [3.05, 3.63) is 72.8 Å². The van der Waals surface area contributed by atoms with E-state index in [2.05, 4.69) is 42.2 Å². The average molecular weight is 318 g/mol.